The quantitative estimate of drug-likeness (QED) is 0.272. The number of ether oxygens (including phenoxy) is 1. The molecule has 4 heteroatoms. The molecule has 32 heavy (non-hydrogen) atoms. The van der Waals surface area contributed by atoms with Gasteiger partial charge in [-0.2, -0.15) is 0 Å². The Labute approximate surface area is 201 Å². The van der Waals surface area contributed by atoms with Gasteiger partial charge in [-0.25, -0.2) is 0 Å². The van der Waals surface area contributed by atoms with Gasteiger partial charge in [0.15, 0.2) is 5.11 Å². The number of para-hydroxylation sites is 1. The molecule has 0 bridgehead atoms. The Morgan fingerprint density at radius 2 is 1.62 bits per heavy atom. The summed E-state index contributed by atoms with van der Waals surface area (Å²) in [7, 11) is 0. The second kappa shape index (κ2) is 11.7. The normalized spacial score (nSPS) is 11.8. The highest BCUT2D eigenvalue weighted by molar-refractivity contribution is 7.80. The molecule has 0 saturated carbocycles. The third kappa shape index (κ3) is 7.23. The Bertz CT molecular complexity index is 889. The van der Waals surface area contributed by atoms with Gasteiger partial charge in [-0.05, 0) is 78.9 Å². The van der Waals surface area contributed by atoms with Crippen LogP contribution in [0.1, 0.15) is 83.9 Å². The fourth-order valence-corrected chi connectivity index (χ4v) is 3.70. The standard InChI is InChI=1S/C28H42N2OS/c1-8-27(4,5)22-16-17-25(23(20-22)28(6,7)9-2)31-19-13-12-18-29-26(32)30-24-15-11-10-14-21(24)3/h10-11,14-17,20H,8-9,12-13,18-19H2,1-7H3,(H2,29,30,32). The van der Waals surface area contributed by atoms with Gasteiger partial charge in [-0.15, -0.1) is 0 Å². The zero-order chi connectivity index (χ0) is 23.8. The number of rotatable bonds is 11. The second-order valence-electron chi connectivity index (χ2n) is 9.94. The molecule has 0 aliphatic heterocycles. The summed E-state index contributed by atoms with van der Waals surface area (Å²) in [5.41, 5.74) is 5.21. The first-order valence-electron chi connectivity index (χ1n) is 12.0. The maximum Gasteiger partial charge on any atom is 0.170 e. The predicted octanol–water partition coefficient (Wildman–Crippen LogP) is 7.52. The monoisotopic (exact) mass is 454 g/mol. The molecule has 2 aromatic rings. The summed E-state index contributed by atoms with van der Waals surface area (Å²) in [6.07, 6.45) is 4.18. The molecule has 0 unspecified atom stereocenters. The molecule has 0 atom stereocenters. The van der Waals surface area contributed by atoms with Crippen LogP contribution in [0.5, 0.6) is 5.75 Å². The number of nitrogens with one attached hydrogen (secondary N) is 2. The third-order valence-electron chi connectivity index (χ3n) is 6.77. The van der Waals surface area contributed by atoms with Gasteiger partial charge in [0.05, 0.1) is 6.61 Å². The Hall–Kier alpha value is -2.07. The number of hydrogen-bond acceptors (Lipinski definition) is 2. The second-order valence-corrected chi connectivity index (χ2v) is 10.3. The SMILES string of the molecule is CCC(C)(C)c1ccc(OCCCCNC(=S)Nc2ccccc2C)c(C(C)(C)CC)c1. The smallest absolute Gasteiger partial charge is 0.170 e. The molecule has 0 aliphatic rings. The number of thiocarbonyl (C=S) groups is 1. The summed E-state index contributed by atoms with van der Waals surface area (Å²) in [6.45, 7) is 17.4. The first-order chi connectivity index (χ1) is 15.1. The third-order valence-corrected chi connectivity index (χ3v) is 7.01. The molecule has 0 saturated heterocycles. The molecule has 0 amide bonds. The highest BCUT2D eigenvalue weighted by Gasteiger charge is 2.26. The minimum Gasteiger partial charge on any atom is -0.493 e. The van der Waals surface area contributed by atoms with Crippen LogP contribution in [0.25, 0.3) is 0 Å². The van der Waals surface area contributed by atoms with Crippen molar-refractivity contribution in [2.75, 3.05) is 18.5 Å². The van der Waals surface area contributed by atoms with Gasteiger partial charge in [0.2, 0.25) is 0 Å². The van der Waals surface area contributed by atoms with E-state index in [1.54, 1.807) is 0 Å². The lowest BCUT2D eigenvalue weighted by Crippen LogP contribution is -2.29. The van der Waals surface area contributed by atoms with E-state index >= 15 is 0 Å². The molecular formula is C28H42N2OS. The van der Waals surface area contributed by atoms with Gasteiger partial charge < -0.3 is 15.4 Å². The van der Waals surface area contributed by atoms with E-state index in [-0.39, 0.29) is 10.8 Å². The highest BCUT2D eigenvalue weighted by atomic mass is 32.1. The molecule has 0 aliphatic carbocycles. The van der Waals surface area contributed by atoms with Crippen molar-refractivity contribution in [2.45, 2.75) is 85.0 Å². The lowest BCUT2D eigenvalue weighted by Gasteiger charge is -2.30. The fourth-order valence-electron chi connectivity index (χ4n) is 3.49. The van der Waals surface area contributed by atoms with E-state index in [0.29, 0.717) is 11.7 Å². The number of anilines is 1. The summed E-state index contributed by atoms with van der Waals surface area (Å²) in [5.74, 6) is 1.03. The van der Waals surface area contributed by atoms with Crippen molar-refractivity contribution in [1.29, 1.82) is 0 Å². The minimum absolute atomic E-state index is 0.0874. The van der Waals surface area contributed by atoms with E-state index < -0.39 is 0 Å². The Kier molecular flexibility index (Phi) is 9.57. The van der Waals surface area contributed by atoms with E-state index in [4.69, 9.17) is 17.0 Å². The van der Waals surface area contributed by atoms with Crippen molar-refractivity contribution < 1.29 is 4.74 Å². The van der Waals surface area contributed by atoms with Crippen LogP contribution in [0.4, 0.5) is 5.69 Å². The van der Waals surface area contributed by atoms with Crippen LogP contribution in [0, 0.1) is 6.92 Å². The molecule has 0 fully saturated rings. The number of aryl methyl sites for hydroxylation is 1. The summed E-state index contributed by atoms with van der Waals surface area (Å²) in [5, 5.41) is 7.23. The van der Waals surface area contributed by atoms with Gasteiger partial charge in [-0.3, -0.25) is 0 Å². The van der Waals surface area contributed by atoms with Crippen molar-refractivity contribution in [3.63, 3.8) is 0 Å². The van der Waals surface area contributed by atoms with Crippen molar-refractivity contribution in [1.82, 2.24) is 5.32 Å². The molecule has 0 heterocycles. The van der Waals surface area contributed by atoms with Crippen LogP contribution < -0.4 is 15.4 Å². The summed E-state index contributed by atoms with van der Waals surface area (Å²) in [4.78, 5) is 0. The Morgan fingerprint density at radius 3 is 2.28 bits per heavy atom. The average Bonchev–Trinajstić information content (AvgIpc) is 2.77. The van der Waals surface area contributed by atoms with E-state index in [1.807, 2.05) is 18.2 Å². The molecule has 0 spiro atoms. The number of unbranched alkanes of at least 4 members (excludes halogenated alkanes) is 1. The van der Waals surface area contributed by atoms with Crippen molar-refractivity contribution >= 4 is 23.0 Å². The van der Waals surface area contributed by atoms with E-state index in [2.05, 4.69) is 83.4 Å². The first kappa shape index (κ1) is 26.2. The highest BCUT2D eigenvalue weighted by Crippen LogP contribution is 2.38. The zero-order valence-corrected chi connectivity index (χ0v) is 21.9. The van der Waals surface area contributed by atoms with Gasteiger partial charge in [0.1, 0.15) is 5.75 Å². The fraction of sp³-hybridized carbons (Fsp3) is 0.536. The lowest BCUT2D eigenvalue weighted by molar-refractivity contribution is 0.296. The Morgan fingerprint density at radius 1 is 0.938 bits per heavy atom. The average molecular weight is 455 g/mol. The zero-order valence-electron chi connectivity index (χ0n) is 21.1. The number of hydrogen-bond donors (Lipinski definition) is 2. The van der Waals surface area contributed by atoms with Crippen LogP contribution in [0.2, 0.25) is 0 Å². The largest absolute Gasteiger partial charge is 0.493 e. The topological polar surface area (TPSA) is 33.3 Å². The molecule has 2 N–H and O–H groups in total. The molecule has 2 aromatic carbocycles. The summed E-state index contributed by atoms with van der Waals surface area (Å²) in [6, 6.07) is 15.0. The predicted molar refractivity (Wildman–Crippen MR) is 143 cm³/mol. The van der Waals surface area contributed by atoms with Crippen molar-refractivity contribution in [2.24, 2.45) is 0 Å². The molecule has 3 nitrogen and oxygen atoms in total. The molecule has 176 valence electrons. The van der Waals surface area contributed by atoms with Gasteiger partial charge in [0, 0.05) is 17.8 Å². The molecule has 0 aromatic heterocycles. The minimum atomic E-state index is 0.0874. The molecule has 0 radical (unpaired) electrons. The van der Waals surface area contributed by atoms with Crippen molar-refractivity contribution in [3.05, 3.63) is 59.2 Å². The van der Waals surface area contributed by atoms with Crippen LogP contribution >= 0.6 is 12.2 Å². The maximum atomic E-state index is 6.27. The van der Waals surface area contributed by atoms with Gasteiger partial charge in [0.25, 0.3) is 0 Å². The Balaban J connectivity index is 1.87. The first-order valence-corrected chi connectivity index (χ1v) is 12.4. The van der Waals surface area contributed by atoms with Crippen LogP contribution in [-0.2, 0) is 10.8 Å². The van der Waals surface area contributed by atoms with Crippen molar-refractivity contribution in [3.8, 4) is 5.75 Å². The summed E-state index contributed by atoms with van der Waals surface area (Å²) < 4.78 is 6.27. The maximum absolute atomic E-state index is 6.27. The van der Waals surface area contributed by atoms with E-state index in [0.717, 1.165) is 43.7 Å². The molecular weight excluding hydrogens is 412 g/mol. The summed E-state index contributed by atoms with van der Waals surface area (Å²) >= 11 is 5.42. The van der Waals surface area contributed by atoms with Crippen LogP contribution in [-0.4, -0.2) is 18.3 Å². The molecule has 2 rings (SSSR count). The van der Waals surface area contributed by atoms with Crippen LogP contribution in [0.15, 0.2) is 42.5 Å². The van der Waals surface area contributed by atoms with Gasteiger partial charge >= 0.3 is 0 Å². The van der Waals surface area contributed by atoms with E-state index in [1.165, 1.54) is 16.7 Å². The lowest BCUT2D eigenvalue weighted by atomic mass is 9.76. The van der Waals surface area contributed by atoms with E-state index in [9.17, 15) is 0 Å². The van der Waals surface area contributed by atoms with Crippen LogP contribution in [0.3, 0.4) is 0 Å². The number of benzene rings is 2. The van der Waals surface area contributed by atoms with Gasteiger partial charge in [-0.1, -0.05) is 71.9 Å².